The van der Waals surface area contributed by atoms with Crippen LogP contribution >= 0.6 is 15.9 Å². The van der Waals surface area contributed by atoms with Crippen molar-refractivity contribution in [2.45, 2.75) is 49.6 Å². The van der Waals surface area contributed by atoms with Gasteiger partial charge in [-0.1, -0.05) is 18.2 Å². The maximum Gasteiger partial charge on any atom is 0.322 e. The lowest BCUT2D eigenvalue weighted by Gasteiger charge is -2.29. The highest BCUT2D eigenvalue weighted by Crippen LogP contribution is 2.38. The van der Waals surface area contributed by atoms with Crippen molar-refractivity contribution in [2.24, 2.45) is 0 Å². The van der Waals surface area contributed by atoms with E-state index in [2.05, 4.69) is 62.8 Å². The molecule has 90 heavy (non-hydrogen) atoms. The van der Waals surface area contributed by atoms with Gasteiger partial charge in [0.05, 0.1) is 41.0 Å². The number of ketones is 1. The monoisotopic (exact) mass is 1290 g/mol. The summed E-state index contributed by atoms with van der Waals surface area (Å²) in [6.45, 7) is 1.90. The van der Waals surface area contributed by atoms with E-state index in [1.807, 2.05) is 12.1 Å². The molecule has 458 valence electrons. The van der Waals surface area contributed by atoms with Crippen LogP contribution in [0.1, 0.15) is 70.4 Å². The maximum atomic E-state index is 13.2. The molecule has 12 amide bonds. The normalized spacial score (nSPS) is 20.3. The first-order valence-electron chi connectivity index (χ1n) is 27.6. The second kappa shape index (κ2) is 22.8. The number of pyridine rings is 3. The summed E-state index contributed by atoms with van der Waals surface area (Å²) in [5.41, 5.74) is 1.40. The number of amides is 12. The maximum absolute atomic E-state index is 13.2. The highest BCUT2D eigenvalue weighted by Gasteiger charge is 2.56. The van der Waals surface area contributed by atoms with Crippen molar-refractivity contribution in [3.05, 3.63) is 180 Å². The molecule has 3 aromatic carbocycles. The summed E-state index contributed by atoms with van der Waals surface area (Å²) in [5.74, 6) is -1.37. The van der Waals surface area contributed by atoms with E-state index in [1.165, 1.54) is 42.2 Å². The molecule has 3 fully saturated rings. The van der Waals surface area contributed by atoms with Crippen LogP contribution in [0.25, 0.3) is 22.2 Å². The Morgan fingerprint density at radius 3 is 1.48 bits per heavy atom. The molecule has 0 spiro atoms. The average molecular weight is 1290 g/mol. The van der Waals surface area contributed by atoms with Crippen LogP contribution in [0.15, 0.2) is 128 Å². The summed E-state index contributed by atoms with van der Waals surface area (Å²) < 4.78 is 27.9. The Morgan fingerprint density at radius 1 is 0.567 bits per heavy atom. The van der Waals surface area contributed by atoms with Crippen molar-refractivity contribution in [1.29, 1.82) is 0 Å². The molecule has 3 saturated heterocycles. The smallest absolute Gasteiger partial charge is 0.322 e. The van der Waals surface area contributed by atoms with Crippen molar-refractivity contribution in [3.8, 4) is 17.2 Å². The van der Waals surface area contributed by atoms with Crippen LogP contribution in [0, 0.1) is 6.92 Å². The van der Waals surface area contributed by atoms with E-state index in [4.69, 9.17) is 23.0 Å². The molecule has 0 aliphatic carbocycles. The number of rotatable bonds is 14. The number of Topliss-reactive ketones (excluding diaryl/α,β-unsaturated/α-hetero) is 1. The topological polar surface area (TPSA) is 365 Å². The zero-order valence-corrected chi connectivity index (χ0v) is 49.6. The molecular formula is C61H51BrN12O16. The number of furan rings is 2. The van der Waals surface area contributed by atoms with Gasteiger partial charge in [-0.05, 0) is 112 Å². The van der Waals surface area contributed by atoms with Gasteiger partial charge in [0.25, 0.3) is 41.0 Å². The number of methoxy groups -OCH3 is 3. The Kier molecular flexibility index (Phi) is 15.0. The Balaban J connectivity index is 0.000000131. The number of carbonyl (C=O) groups excluding carboxylic acids is 10. The SMILES string of the molecule is COc1ccc2c(c1)C(=O)N(C[C@@]1(C(=O)Cc3c[nH]c(=O)c(C)c3)NC(=O)NC1=O)C2.COc1ccc2c(c1)C(=O)N(C[C@@]1(c3cc4nc(Br)ccc4o3)NC(=O)NC1=O)C2.COc1ccc2c(c1)C(=O)N(C[C@@]1(c3cc4ncccc4o3)NC(=O)NC1=O)C2. The average Bonchev–Trinajstić information content (AvgIpc) is 1.66. The van der Waals surface area contributed by atoms with Gasteiger partial charge in [0.1, 0.15) is 44.4 Å². The number of nitrogens with one attached hydrogen (secondary N) is 7. The number of benzene rings is 3. The van der Waals surface area contributed by atoms with Gasteiger partial charge in [-0.3, -0.25) is 59.3 Å². The van der Waals surface area contributed by atoms with E-state index in [0.29, 0.717) is 85.0 Å². The minimum atomic E-state index is -1.93. The zero-order valence-electron chi connectivity index (χ0n) is 48.0. The van der Waals surface area contributed by atoms with Gasteiger partial charge < -0.3 is 58.7 Å². The molecule has 29 heteroatoms. The predicted molar refractivity (Wildman–Crippen MR) is 316 cm³/mol. The lowest BCUT2D eigenvalue weighted by atomic mass is 9.89. The molecule has 6 aliphatic rings. The molecule has 28 nitrogen and oxygen atoms in total. The van der Waals surface area contributed by atoms with E-state index in [9.17, 15) is 52.7 Å². The first kappa shape index (κ1) is 59.1. The summed E-state index contributed by atoms with van der Waals surface area (Å²) in [5, 5.41) is 14.3. The fourth-order valence-electron chi connectivity index (χ4n) is 11.5. The number of urea groups is 3. The van der Waals surface area contributed by atoms with E-state index in [1.54, 1.807) is 98.0 Å². The van der Waals surface area contributed by atoms with Gasteiger partial charge in [-0.2, -0.15) is 0 Å². The van der Waals surface area contributed by atoms with Gasteiger partial charge in [0.2, 0.25) is 0 Å². The number of imide groups is 3. The minimum Gasteiger partial charge on any atom is -0.497 e. The summed E-state index contributed by atoms with van der Waals surface area (Å²) >= 11 is 3.30. The van der Waals surface area contributed by atoms with Crippen molar-refractivity contribution in [2.75, 3.05) is 41.0 Å². The van der Waals surface area contributed by atoms with E-state index in [-0.39, 0.29) is 67.4 Å². The molecule has 0 radical (unpaired) electrons. The van der Waals surface area contributed by atoms with Gasteiger partial charge >= 0.3 is 18.1 Å². The minimum absolute atomic E-state index is 0.0831. The number of aromatic amines is 1. The Hall–Kier alpha value is -11.2. The second-order valence-electron chi connectivity index (χ2n) is 21.7. The van der Waals surface area contributed by atoms with Crippen LogP contribution in [-0.4, -0.2) is 135 Å². The van der Waals surface area contributed by atoms with Crippen LogP contribution in [0.2, 0.25) is 0 Å². The van der Waals surface area contributed by atoms with Gasteiger partial charge in [-0.15, -0.1) is 0 Å². The number of hydrogen-bond donors (Lipinski definition) is 7. The Morgan fingerprint density at radius 2 is 1.03 bits per heavy atom. The second-order valence-corrected chi connectivity index (χ2v) is 22.6. The quantitative estimate of drug-likeness (QED) is 0.0462. The molecule has 8 aromatic rings. The molecule has 5 aromatic heterocycles. The Bertz CT molecular complexity index is 4470. The summed E-state index contributed by atoms with van der Waals surface area (Å²) in [6, 6.07) is 25.1. The van der Waals surface area contributed by atoms with Crippen LogP contribution in [0.5, 0.6) is 17.2 Å². The van der Waals surface area contributed by atoms with Crippen LogP contribution in [0.4, 0.5) is 14.4 Å². The summed E-state index contributed by atoms with van der Waals surface area (Å²) in [6.07, 6.45) is 2.78. The number of ether oxygens (including phenoxy) is 3. The molecule has 6 aliphatic heterocycles. The Labute approximate surface area is 516 Å². The number of carbonyl (C=O) groups is 10. The molecule has 3 atom stereocenters. The number of halogens is 1. The third kappa shape index (κ3) is 10.5. The molecule has 0 saturated carbocycles. The van der Waals surface area contributed by atoms with Gasteiger partial charge in [-0.25, -0.2) is 19.4 Å². The summed E-state index contributed by atoms with van der Waals surface area (Å²) in [4.78, 5) is 153. The van der Waals surface area contributed by atoms with Crippen molar-refractivity contribution in [3.63, 3.8) is 0 Å². The molecule has 11 heterocycles. The van der Waals surface area contributed by atoms with E-state index < -0.39 is 58.2 Å². The van der Waals surface area contributed by atoms with Crippen LogP contribution in [-0.2, 0) is 56.3 Å². The lowest BCUT2D eigenvalue weighted by molar-refractivity contribution is -0.135. The first-order chi connectivity index (χ1) is 43.1. The molecule has 14 rings (SSSR count). The highest BCUT2D eigenvalue weighted by atomic mass is 79.9. The molecular weight excluding hydrogens is 1240 g/mol. The third-order valence-electron chi connectivity index (χ3n) is 16.2. The number of hydrogen-bond acceptors (Lipinski definition) is 18. The molecule has 0 unspecified atom stereocenters. The van der Waals surface area contributed by atoms with Crippen molar-refractivity contribution in [1.82, 2.24) is 61.6 Å². The number of H-pyrrole nitrogens is 1. The number of fused-ring (bicyclic) bond motifs is 5. The van der Waals surface area contributed by atoms with E-state index >= 15 is 0 Å². The summed E-state index contributed by atoms with van der Waals surface area (Å²) in [7, 11) is 4.55. The predicted octanol–water partition coefficient (Wildman–Crippen LogP) is 3.85. The van der Waals surface area contributed by atoms with E-state index in [0.717, 1.165) is 16.7 Å². The largest absolute Gasteiger partial charge is 0.497 e. The third-order valence-corrected chi connectivity index (χ3v) is 16.6. The van der Waals surface area contributed by atoms with Crippen molar-refractivity contribution < 1.29 is 71.0 Å². The van der Waals surface area contributed by atoms with Crippen molar-refractivity contribution >= 4 is 97.4 Å². The number of aromatic nitrogens is 3. The first-order valence-corrected chi connectivity index (χ1v) is 28.3. The highest BCUT2D eigenvalue weighted by molar-refractivity contribution is 9.10. The van der Waals surface area contributed by atoms with Gasteiger partial charge in [0, 0.05) is 72.8 Å². The van der Waals surface area contributed by atoms with Gasteiger partial charge in [0.15, 0.2) is 33.6 Å². The standard InChI is InChI=1S/C21H20N4O6.C20H15BrN4O5.C20H16N4O5/c1-11-5-12(8-22-17(11)27)6-16(26)21(19(29)23-20(30)24-21)10-25-9-13-3-4-14(31-2)7-15(13)18(25)28;1-29-11-3-2-10-8-25(17(26)12(10)6-11)9-20(18(27)23-19(28)24-20)15-7-13-14(30-15)4-5-16(21)22-13;1-28-12-5-4-11-9-24(17(25)13(11)7-12)10-20(18(26)22-19(27)23-20)16-8-14-15(29-16)3-2-6-21-14/h3-5,7-8H,6,9-10H2,1-2H3,(H,22,27)(H2,23,24,29,30);2-7H,8-9H2,1H3,(H2,23,24,27,28);2-8H,9-10H2,1H3,(H2,22,23,26,27)/t21-;2*20-/m000/s1. The lowest BCUT2D eigenvalue weighted by Crippen LogP contribution is -2.61. The number of nitrogens with zero attached hydrogens (tertiary/aromatic N) is 5. The fraction of sp³-hybridized carbons (Fsp3) is 0.230. The molecule has 0 bridgehead atoms. The molecule has 7 N–H and O–H groups in total. The zero-order chi connectivity index (χ0) is 63.6. The fourth-order valence-corrected chi connectivity index (χ4v) is 11.8. The number of aryl methyl sites for hydroxylation is 1. The van der Waals surface area contributed by atoms with Crippen LogP contribution in [0.3, 0.4) is 0 Å². The van der Waals surface area contributed by atoms with Crippen LogP contribution < -0.4 is 51.7 Å².